The van der Waals surface area contributed by atoms with Crippen LogP contribution in [0, 0.1) is 12.8 Å². The Morgan fingerprint density at radius 2 is 1.89 bits per heavy atom. The molecular weight excluding hydrogens is 490 g/mol. The van der Waals surface area contributed by atoms with E-state index in [-0.39, 0.29) is 29.8 Å². The highest BCUT2D eigenvalue weighted by Crippen LogP contribution is 2.47. The number of aromatic nitrogens is 1. The van der Waals surface area contributed by atoms with E-state index in [9.17, 15) is 18.4 Å². The zero-order valence-corrected chi connectivity index (χ0v) is 20.9. The second-order valence-corrected chi connectivity index (χ2v) is 10.5. The first-order chi connectivity index (χ1) is 18.2. The van der Waals surface area contributed by atoms with Crippen molar-refractivity contribution in [1.82, 2.24) is 15.2 Å². The van der Waals surface area contributed by atoms with Crippen molar-refractivity contribution in [2.45, 2.75) is 37.7 Å². The van der Waals surface area contributed by atoms with Crippen LogP contribution in [0.4, 0.5) is 14.6 Å². The number of nitrogen functional groups attached to an aromatic ring is 1. The minimum atomic E-state index is -2.78. The molecule has 9 heteroatoms. The van der Waals surface area contributed by atoms with Crippen LogP contribution in [0.1, 0.15) is 39.4 Å². The zero-order valence-electron chi connectivity index (χ0n) is 20.9. The van der Waals surface area contributed by atoms with E-state index in [2.05, 4.69) is 16.4 Å². The van der Waals surface area contributed by atoms with Crippen molar-refractivity contribution in [3.05, 3.63) is 77.0 Å². The van der Waals surface area contributed by atoms with Gasteiger partial charge in [-0.25, -0.2) is 13.8 Å². The number of nitrogens with zero attached hydrogens (tertiary/aromatic N) is 2. The summed E-state index contributed by atoms with van der Waals surface area (Å²) in [6, 6.07) is 14.8. The number of halogens is 2. The van der Waals surface area contributed by atoms with E-state index >= 15 is 0 Å². The lowest BCUT2D eigenvalue weighted by atomic mass is 9.97. The predicted molar refractivity (Wildman–Crippen MR) is 138 cm³/mol. The van der Waals surface area contributed by atoms with Gasteiger partial charge in [0.2, 0.25) is 5.91 Å². The first-order valence-electron chi connectivity index (χ1n) is 12.7. The van der Waals surface area contributed by atoms with Gasteiger partial charge in [-0.1, -0.05) is 18.2 Å². The number of pyridine rings is 1. The average molecular weight is 519 g/mol. The molecule has 38 heavy (non-hydrogen) atoms. The van der Waals surface area contributed by atoms with Crippen molar-refractivity contribution in [3.8, 4) is 16.9 Å². The van der Waals surface area contributed by atoms with Crippen molar-refractivity contribution in [3.63, 3.8) is 0 Å². The summed E-state index contributed by atoms with van der Waals surface area (Å²) in [5.41, 5.74) is 11.1. The minimum Gasteiger partial charge on any atom is -0.488 e. The Morgan fingerprint density at radius 1 is 1.13 bits per heavy atom. The van der Waals surface area contributed by atoms with E-state index < -0.39 is 19.0 Å². The SMILES string of the molecule is Cc1cc(-c2ccc(C(=O)N3CC(F)(F)C3)cc2)cc2c1OC(CNC(=O)[C@H]1C[C@@H]1c1ccc(N)nc1)C2. The molecule has 0 spiro atoms. The lowest BCUT2D eigenvalue weighted by Crippen LogP contribution is -2.58. The molecule has 2 fully saturated rings. The summed E-state index contributed by atoms with van der Waals surface area (Å²) in [6.45, 7) is 1.36. The number of hydrogen-bond acceptors (Lipinski definition) is 5. The predicted octanol–water partition coefficient (Wildman–Crippen LogP) is 3.95. The van der Waals surface area contributed by atoms with Crippen molar-refractivity contribution in [2.24, 2.45) is 5.92 Å². The summed E-state index contributed by atoms with van der Waals surface area (Å²) >= 11 is 0. The molecule has 6 rings (SSSR count). The summed E-state index contributed by atoms with van der Waals surface area (Å²) in [7, 11) is 0. The third-order valence-corrected chi connectivity index (χ3v) is 7.55. The van der Waals surface area contributed by atoms with Crippen LogP contribution in [-0.4, -0.2) is 53.4 Å². The third kappa shape index (κ3) is 4.68. The molecule has 3 heterocycles. The van der Waals surface area contributed by atoms with Crippen LogP contribution in [0.5, 0.6) is 5.75 Å². The number of rotatable bonds is 6. The lowest BCUT2D eigenvalue weighted by molar-refractivity contribution is -0.122. The number of amides is 2. The molecule has 1 unspecified atom stereocenters. The highest BCUT2D eigenvalue weighted by molar-refractivity contribution is 5.95. The largest absolute Gasteiger partial charge is 0.488 e. The summed E-state index contributed by atoms with van der Waals surface area (Å²) in [6.07, 6.45) is 3.08. The van der Waals surface area contributed by atoms with Crippen LogP contribution in [0.3, 0.4) is 0 Å². The van der Waals surface area contributed by atoms with Crippen molar-refractivity contribution < 1.29 is 23.1 Å². The molecule has 3 atom stereocenters. The Balaban J connectivity index is 1.06. The van der Waals surface area contributed by atoms with Gasteiger partial charge in [-0.2, -0.15) is 0 Å². The van der Waals surface area contributed by atoms with E-state index in [1.54, 1.807) is 24.4 Å². The highest BCUT2D eigenvalue weighted by Gasteiger charge is 2.46. The number of likely N-dealkylation sites (tertiary alicyclic amines) is 1. The number of alkyl halides is 2. The highest BCUT2D eigenvalue weighted by atomic mass is 19.3. The van der Waals surface area contributed by atoms with Gasteiger partial charge in [0.25, 0.3) is 11.8 Å². The first kappa shape index (κ1) is 24.3. The smallest absolute Gasteiger partial charge is 0.282 e. The maximum absolute atomic E-state index is 13.1. The van der Waals surface area contributed by atoms with Crippen LogP contribution in [-0.2, 0) is 11.2 Å². The number of nitrogens with one attached hydrogen (secondary N) is 1. The third-order valence-electron chi connectivity index (χ3n) is 7.55. The standard InChI is InChI=1S/C29H28F2N4O3/c1-16-8-20(17-2-4-18(5-3-17)28(37)35-14-29(30,31)15-35)9-21-10-22(38-26(16)21)13-34-27(36)24-11-23(24)19-6-7-25(32)33-12-19/h2-9,12,22-24H,10-11,13-15H2,1H3,(H2,32,33)(H,34,36)/t22?,23-,24+/m1/s1. The Hall–Kier alpha value is -4.01. The fourth-order valence-corrected chi connectivity index (χ4v) is 5.38. The van der Waals surface area contributed by atoms with E-state index in [0.717, 1.165) is 44.9 Å². The molecule has 196 valence electrons. The molecule has 0 bridgehead atoms. The molecule has 2 amide bonds. The minimum absolute atomic E-state index is 0.0281. The number of hydrogen-bond donors (Lipinski definition) is 2. The van der Waals surface area contributed by atoms with Gasteiger partial charge in [-0.05, 0) is 77.4 Å². The Morgan fingerprint density at radius 3 is 2.58 bits per heavy atom. The number of fused-ring (bicyclic) bond motifs is 1. The molecule has 2 aliphatic heterocycles. The van der Waals surface area contributed by atoms with Gasteiger partial charge in [0, 0.05) is 24.1 Å². The topological polar surface area (TPSA) is 97.5 Å². The summed E-state index contributed by atoms with van der Waals surface area (Å²) in [4.78, 5) is 30.4. The molecule has 7 nitrogen and oxygen atoms in total. The van der Waals surface area contributed by atoms with Crippen molar-refractivity contribution in [1.29, 1.82) is 0 Å². The average Bonchev–Trinajstić information content (AvgIpc) is 3.57. The number of carbonyl (C=O) groups is 2. The van der Waals surface area contributed by atoms with Gasteiger partial charge in [0.15, 0.2) is 0 Å². The fraction of sp³-hybridized carbons (Fsp3) is 0.345. The van der Waals surface area contributed by atoms with E-state index in [1.165, 1.54) is 0 Å². The van der Waals surface area contributed by atoms with Gasteiger partial charge in [-0.15, -0.1) is 0 Å². The van der Waals surface area contributed by atoms with Crippen LogP contribution in [0.15, 0.2) is 54.7 Å². The molecule has 2 aromatic carbocycles. The lowest BCUT2D eigenvalue weighted by Gasteiger charge is -2.38. The first-order valence-corrected chi connectivity index (χ1v) is 12.7. The van der Waals surface area contributed by atoms with Gasteiger partial charge in [0.05, 0.1) is 19.6 Å². The molecule has 3 aromatic rings. The Labute approximate surface area is 219 Å². The molecule has 1 aromatic heterocycles. The molecular formula is C29H28F2N4O3. The van der Waals surface area contributed by atoms with Crippen LogP contribution >= 0.6 is 0 Å². The molecule has 3 aliphatic rings. The van der Waals surface area contributed by atoms with Gasteiger partial charge < -0.3 is 20.7 Å². The molecule has 3 N–H and O–H groups in total. The molecule has 1 aliphatic carbocycles. The maximum Gasteiger partial charge on any atom is 0.282 e. The number of nitrogens with two attached hydrogens (primary N) is 1. The summed E-state index contributed by atoms with van der Waals surface area (Å²) in [5, 5.41) is 3.05. The van der Waals surface area contributed by atoms with Gasteiger partial charge >= 0.3 is 0 Å². The normalized spacial score (nSPS) is 22.7. The molecule has 0 radical (unpaired) electrons. The van der Waals surface area contributed by atoms with E-state index in [4.69, 9.17) is 10.5 Å². The van der Waals surface area contributed by atoms with E-state index in [0.29, 0.717) is 24.3 Å². The monoisotopic (exact) mass is 518 g/mol. The van der Waals surface area contributed by atoms with Crippen LogP contribution in [0.25, 0.3) is 11.1 Å². The fourth-order valence-electron chi connectivity index (χ4n) is 5.38. The number of benzene rings is 2. The van der Waals surface area contributed by atoms with Crippen molar-refractivity contribution in [2.75, 3.05) is 25.4 Å². The Kier molecular flexibility index (Phi) is 5.81. The summed E-state index contributed by atoms with van der Waals surface area (Å²) < 4.78 is 32.4. The van der Waals surface area contributed by atoms with Crippen LogP contribution < -0.4 is 15.8 Å². The summed E-state index contributed by atoms with van der Waals surface area (Å²) in [5.74, 6) is -1.69. The number of ether oxygens (including phenoxy) is 1. The number of aryl methyl sites for hydroxylation is 1. The van der Waals surface area contributed by atoms with Gasteiger partial charge in [-0.3, -0.25) is 9.59 Å². The molecule has 1 saturated carbocycles. The number of anilines is 1. The second kappa shape index (κ2) is 9.08. The number of carbonyl (C=O) groups excluding carboxylic acids is 2. The van der Waals surface area contributed by atoms with Crippen LogP contribution in [0.2, 0.25) is 0 Å². The Bertz CT molecular complexity index is 1400. The second-order valence-electron chi connectivity index (χ2n) is 10.5. The quantitative estimate of drug-likeness (QED) is 0.515. The van der Waals surface area contributed by atoms with Crippen molar-refractivity contribution >= 4 is 17.6 Å². The maximum atomic E-state index is 13.1. The zero-order chi connectivity index (χ0) is 26.6. The molecule has 1 saturated heterocycles. The van der Waals surface area contributed by atoms with E-state index in [1.807, 2.05) is 31.2 Å². The van der Waals surface area contributed by atoms with Gasteiger partial charge in [0.1, 0.15) is 17.7 Å².